The normalized spacial score (nSPS) is 11.6. The molecule has 0 aliphatic rings. The fourth-order valence-corrected chi connectivity index (χ4v) is 2.40. The van der Waals surface area contributed by atoms with E-state index in [1.807, 2.05) is 28.8 Å². The van der Waals surface area contributed by atoms with Crippen LogP contribution in [0.25, 0.3) is 5.65 Å². The van der Waals surface area contributed by atoms with Crippen molar-refractivity contribution >= 4 is 35.6 Å². The third kappa shape index (κ3) is 7.42. The number of hydrogen-bond donors (Lipinski definition) is 2. The van der Waals surface area contributed by atoms with Crippen molar-refractivity contribution in [3.05, 3.63) is 30.2 Å². The van der Waals surface area contributed by atoms with Gasteiger partial charge >= 0.3 is 0 Å². The summed E-state index contributed by atoms with van der Waals surface area (Å²) in [6, 6.07) is 5.85. The van der Waals surface area contributed by atoms with Gasteiger partial charge in [0.1, 0.15) is 6.54 Å². The summed E-state index contributed by atoms with van der Waals surface area (Å²) in [6.07, 6.45) is 2.99. The van der Waals surface area contributed by atoms with Gasteiger partial charge in [0, 0.05) is 32.9 Å². The summed E-state index contributed by atoms with van der Waals surface area (Å²) in [4.78, 5) is 6.87. The number of guanidine groups is 1. The topological polar surface area (TPSA) is 79.1 Å². The molecule has 8 nitrogen and oxygen atoms in total. The molecule has 2 heterocycles. The number of likely N-dealkylation sites (N-methyl/N-ethyl adjacent to an activating group) is 1. The van der Waals surface area contributed by atoms with Crippen LogP contribution in [0.3, 0.4) is 0 Å². The van der Waals surface area contributed by atoms with E-state index in [0.717, 1.165) is 56.6 Å². The van der Waals surface area contributed by atoms with Crippen LogP contribution < -0.4 is 10.6 Å². The Morgan fingerprint density at radius 2 is 2.12 bits per heavy atom. The lowest BCUT2D eigenvalue weighted by Gasteiger charge is -2.16. The third-order valence-corrected chi connectivity index (χ3v) is 3.79. The highest BCUT2D eigenvalue weighted by Crippen LogP contribution is 2.03. The maximum atomic E-state index is 5.09. The molecule has 2 aromatic heterocycles. The smallest absolute Gasteiger partial charge is 0.191 e. The summed E-state index contributed by atoms with van der Waals surface area (Å²) in [5.74, 6) is 1.63. The molecule has 0 aromatic carbocycles. The number of halogens is 1. The van der Waals surface area contributed by atoms with Gasteiger partial charge in [-0.3, -0.25) is 4.40 Å². The molecular weight excluding hydrogens is 445 g/mol. The molecule has 0 saturated carbocycles. The Morgan fingerprint density at radius 1 is 1.27 bits per heavy atom. The molecule has 0 amide bonds. The van der Waals surface area contributed by atoms with Crippen LogP contribution in [-0.2, 0) is 11.3 Å². The predicted molar refractivity (Wildman–Crippen MR) is 115 cm³/mol. The largest absolute Gasteiger partial charge is 0.383 e. The van der Waals surface area contributed by atoms with E-state index in [9.17, 15) is 0 Å². The Bertz CT molecular complexity index is 661. The minimum absolute atomic E-state index is 0. The lowest BCUT2D eigenvalue weighted by molar-refractivity contribution is 0.161. The van der Waals surface area contributed by atoms with E-state index in [4.69, 9.17) is 4.74 Å². The molecule has 0 aliphatic carbocycles. The van der Waals surface area contributed by atoms with E-state index in [1.165, 1.54) is 0 Å². The van der Waals surface area contributed by atoms with Crippen LogP contribution in [-0.4, -0.2) is 72.4 Å². The second-order valence-electron chi connectivity index (χ2n) is 5.82. The van der Waals surface area contributed by atoms with Crippen LogP contribution in [0.5, 0.6) is 0 Å². The SMILES string of the molecule is CCNC(=NCc1nnc2ccccn12)NCCCN(C)CCOC.I. The van der Waals surface area contributed by atoms with E-state index < -0.39 is 0 Å². The number of pyridine rings is 1. The zero-order chi connectivity index (χ0) is 17.9. The highest BCUT2D eigenvalue weighted by molar-refractivity contribution is 14.0. The fourth-order valence-electron chi connectivity index (χ4n) is 2.40. The summed E-state index contributed by atoms with van der Waals surface area (Å²) in [6.45, 7) is 6.95. The zero-order valence-electron chi connectivity index (χ0n) is 15.8. The minimum Gasteiger partial charge on any atom is -0.383 e. The molecule has 9 heteroatoms. The number of aromatic nitrogens is 3. The molecule has 0 atom stereocenters. The number of rotatable bonds is 10. The fraction of sp³-hybridized carbons (Fsp3) is 0.588. The van der Waals surface area contributed by atoms with Crippen molar-refractivity contribution < 1.29 is 4.74 Å². The van der Waals surface area contributed by atoms with Gasteiger partial charge in [-0.2, -0.15) is 0 Å². The van der Waals surface area contributed by atoms with Crippen LogP contribution >= 0.6 is 24.0 Å². The first kappa shape index (κ1) is 22.6. The number of fused-ring (bicyclic) bond motifs is 1. The van der Waals surface area contributed by atoms with Crippen molar-refractivity contribution in [3.63, 3.8) is 0 Å². The van der Waals surface area contributed by atoms with Crippen LogP contribution in [0.4, 0.5) is 0 Å². The number of methoxy groups -OCH3 is 1. The summed E-state index contributed by atoms with van der Waals surface area (Å²) in [5, 5.41) is 15.0. The van der Waals surface area contributed by atoms with E-state index in [2.05, 4.69) is 44.7 Å². The van der Waals surface area contributed by atoms with Gasteiger partial charge in [-0.25, -0.2) is 4.99 Å². The number of hydrogen-bond acceptors (Lipinski definition) is 5. The average molecular weight is 475 g/mol. The standard InChI is InChI=1S/C17H29N7O.HI/c1-4-18-17(19-9-7-10-23(2)12-13-25-3)20-14-16-22-21-15-8-5-6-11-24(15)16;/h5-6,8,11H,4,7,9-10,12-14H2,1-3H3,(H2,18,19,20);1H. The van der Waals surface area contributed by atoms with Crippen LogP contribution in [0.2, 0.25) is 0 Å². The van der Waals surface area contributed by atoms with Crippen LogP contribution in [0.1, 0.15) is 19.2 Å². The van der Waals surface area contributed by atoms with Gasteiger partial charge in [0.05, 0.1) is 6.61 Å². The molecule has 2 N–H and O–H groups in total. The van der Waals surface area contributed by atoms with Crippen molar-refractivity contribution in [2.75, 3.05) is 46.9 Å². The first-order valence-electron chi connectivity index (χ1n) is 8.73. The van der Waals surface area contributed by atoms with E-state index >= 15 is 0 Å². The maximum Gasteiger partial charge on any atom is 0.191 e. The molecular formula is C17H30IN7O. The summed E-state index contributed by atoms with van der Waals surface area (Å²) in [7, 11) is 3.84. The van der Waals surface area contributed by atoms with Crippen molar-refractivity contribution in [3.8, 4) is 0 Å². The molecule has 0 aliphatic heterocycles. The van der Waals surface area contributed by atoms with E-state index in [-0.39, 0.29) is 24.0 Å². The monoisotopic (exact) mass is 475 g/mol. The van der Waals surface area contributed by atoms with E-state index in [0.29, 0.717) is 6.54 Å². The Labute approximate surface area is 172 Å². The summed E-state index contributed by atoms with van der Waals surface area (Å²) >= 11 is 0. The maximum absolute atomic E-state index is 5.09. The number of nitrogens with one attached hydrogen (secondary N) is 2. The van der Waals surface area contributed by atoms with Gasteiger partial charge < -0.3 is 20.3 Å². The quantitative estimate of drug-likeness (QED) is 0.234. The van der Waals surface area contributed by atoms with Gasteiger partial charge in [-0.05, 0) is 39.1 Å². The summed E-state index contributed by atoms with van der Waals surface area (Å²) < 4.78 is 7.04. The highest BCUT2D eigenvalue weighted by Gasteiger charge is 2.04. The van der Waals surface area contributed by atoms with Crippen molar-refractivity contribution in [1.29, 1.82) is 0 Å². The molecule has 146 valence electrons. The van der Waals surface area contributed by atoms with E-state index in [1.54, 1.807) is 7.11 Å². The average Bonchev–Trinajstić information content (AvgIpc) is 3.04. The van der Waals surface area contributed by atoms with Crippen molar-refractivity contribution in [2.24, 2.45) is 4.99 Å². The lowest BCUT2D eigenvalue weighted by Crippen LogP contribution is -2.38. The predicted octanol–water partition coefficient (Wildman–Crippen LogP) is 1.37. The molecule has 0 radical (unpaired) electrons. The molecule has 26 heavy (non-hydrogen) atoms. The first-order chi connectivity index (χ1) is 12.2. The van der Waals surface area contributed by atoms with Crippen LogP contribution in [0.15, 0.2) is 29.4 Å². The Hall–Kier alpha value is -1.46. The van der Waals surface area contributed by atoms with Crippen molar-refractivity contribution in [2.45, 2.75) is 19.9 Å². The van der Waals surface area contributed by atoms with Gasteiger partial charge in [0.2, 0.25) is 0 Å². The molecule has 2 aromatic rings. The highest BCUT2D eigenvalue weighted by atomic mass is 127. The number of aliphatic imine (C=N–C) groups is 1. The third-order valence-electron chi connectivity index (χ3n) is 3.79. The minimum atomic E-state index is 0. The zero-order valence-corrected chi connectivity index (χ0v) is 18.1. The summed E-state index contributed by atoms with van der Waals surface area (Å²) in [5.41, 5.74) is 0.838. The first-order valence-corrected chi connectivity index (χ1v) is 8.73. The van der Waals surface area contributed by atoms with Crippen molar-refractivity contribution in [1.82, 2.24) is 30.1 Å². The van der Waals surface area contributed by atoms with Gasteiger partial charge in [-0.1, -0.05) is 6.07 Å². The molecule has 0 fully saturated rings. The van der Waals surface area contributed by atoms with Gasteiger partial charge in [-0.15, -0.1) is 34.2 Å². The lowest BCUT2D eigenvalue weighted by atomic mass is 10.4. The molecule has 0 unspecified atom stereocenters. The second kappa shape index (κ2) is 12.8. The Morgan fingerprint density at radius 3 is 2.88 bits per heavy atom. The Balaban J connectivity index is 0.00000338. The molecule has 2 rings (SSSR count). The van der Waals surface area contributed by atoms with Gasteiger partial charge in [0.25, 0.3) is 0 Å². The molecule has 0 spiro atoms. The number of nitrogens with zero attached hydrogens (tertiary/aromatic N) is 5. The molecule has 0 saturated heterocycles. The Kier molecular flexibility index (Phi) is 11.1. The van der Waals surface area contributed by atoms with Crippen LogP contribution in [0, 0.1) is 0 Å². The van der Waals surface area contributed by atoms with Gasteiger partial charge in [0.15, 0.2) is 17.4 Å². The molecule has 0 bridgehead atoms. The number of ether oxygens (including phenoxy) is 1. The second-order valence-corrected chi connectivity index (χ2v) is 5.82.